The summed E-state index contributed by atoms with van der Waals surface area (Å²) in [5.41, 5.74) is 3.23. The molecule has 1 aromatic heterocycles. The van der Waals surface area contributed by atoms with Gasteiger partial charge in [0.05, 0.1) is 36.2 Å². The third-order valence-electron chi connectivity index (χ3n) is 5.14. The van der Waals surface area contributed by atoms with Gasteiger partial charge in [-0.1, -0.05) is 18.2 Å². The van der Waals surface area contributed by atoms with Crippen molar-refractivity contribution in [3.63, 3.8) is 0 Å². The molecular weight excluding hydrogens is 453 g/mol. The van der Waals surface area contributed by atoms with Crippen LogP contribution in [0, 0.1) is 6.92 Å². The number of aromatic nitrogens is 2. The number of ether oxygens (including phenoxy) is 1. The Morgan fingerprint density at radius 2 is 2.15 bits per heavy atom. The lowest BCUT2D eigenvalue weighted by atomic mass is 9.96. The molecule has 3 atom stereocenters. The van der Waals surface area contributed by atoms with Crippen molar-refractivity contribution in [2.75, 3.05) is 6.54 Å². The standard InChI is InChI=1S/C20H27N5O.HI/c1-3-21-20(23-17-12-16-8-9-19(17)26-16)22-13-15-6-4-5-7-18(15)25-11-10-14(2)24-25;/h4-7,10-11,16-17,19H,3,8-9,12-13H2,1-2H3,(H2,21,22,23);1H. The van der Waals surface area contributed by atoms with Gasteiger partial charge in [-0.3, -0.25) is 0 Å². The van der Waals surface area contributed by atoms with Crippen LogP contribution < -0.4 is 10.6 Å². The maximum Gasteiger partial charge on any atom is 0.191 e. The Kier molecular flexibility index (Phi) is 6.75. The second-order valence-electron chi connectivity index (χ2n) is 7.09. The van der Waals surface area contributed by atoms with E-state index in [-0.39, 0.29) is 24.0 Å². The van der Waals surface area contributed by atoms with Gasteiger partial charge in [-0.15, -0.1) is 24.0 Å². The molecule has 0 spiro atoms. The second-order valence-corrected chi connectivity index (χ2v) is 7.09. The van der Waals surface area contributed by atoms with Gasteiger partial charge in [-0.2, -0.15) is 5.10 Å². The van der Waals surface area contributed by atoms with Gasteiger partial charge in [0.15, 0.2) is 5.96 Å². The molecular formula is C20H28IN5O. The van der Waals surface area contributed by atoms with Crippen LogP contribution in [0.3, 0.4) is 0 Å². The predicted molar refractivity (Wildman–Crippen MR) is 118 cm³/mol. The molecule has 6 nitrogen and oxygen atoms in total. The highest BCUT2D eigenvalue weighted by Gasteiger charge is 2.41. The summed E-state index contributed by atoms with van der Waals surface area (Å²) in [6.45, 7) is 5.54. The van der Waals surface area contributed by atoms with Gasteiger partial charge in [0.2, 0.25) is 0 Å². The van der Waals surface area contributed by atoms with Gasteiger partial charge in [-0.25, -0.2) is 9.67 Å². The molecule has 146 valence electrons. The fourth-order valence-electron chi connectivity index (χ4n) is 3.87. The maximum absolute atomic E-state index is 5.95. The van der Waals surface area contributed by atoms with E-state index < -0.39 is 0 Å². The third-order valence-corrected chi connectivity index (χ3v) is 5.14. The van der Waals surface area contributed by atoms with Crippen molar-refractivity contribution >= 4 is 29.9 Å². The molecule has 7 heteroatoms. The number of nitrogens with zero attached hydrogens (tertiary/aromatic N) is 3. The van der Waals surface area contributed by atoms with Crippen molar-refractivity contribution in [1.29, 1.82) is 0 Å². The molecule has 2 N–H and O–H groups in total. The Balaban J connectivity index is 0.00000210. The van der Waals surface area contributed by atoms with E-state index in [1.165, 1.54) is 6.42 Å². The second kappa shape index (κ2) is 9.05. The lowest BCUT2D eigenvalue weighted by Crippen LogP contribution is -2.47. The van der Waals surface area contributed by atoms with E-state index in [9.17, 15) is 0 Å². The Hall–Kier alpha value is -1.61. The number of guanidine groups is 1. The summed E-state index contributed by atoms with van der Waals surface area (Å²) in [7, 11) is 0. The zero-order valence-electron chi connectivity index (χ0n) is 15.9. The van der Waals surface area contributed by atoms with Gasteiger partial charge in [-0.05, 0) is 50.8 Å². The summed E-state index contributed by atoms with van der Waals surface area (Å²) < 4.78 is 7.87. The van der Waals surface area contributed by atoms with Crippen LogP contribution in [0.2, 0.25) is 0 Å². The lowest BCUT2D eigenvalue weighted by Gasteiger charge is -2.22. The molecule has 2 saturated heterocycles. The van der Waals surface area contributed by atoms with Crippen molar-refractivity contribution in [2.24, 2.45) is 4.99 Å². The highest BCUT2D eigenvalue weighted by atomic mass is 127. The normalized spacial score (nSPS) is 23.9. The number of hydrogen-bond acceptors (Lipinski definition) is 3. The smallest absolute Gasteiger partial charge is 0.191 e. The Morgan fingerprint density at radius 3 is 2.81 bits per heavy atom. The summed E-state index contributed by atoms with van der Waals surface area (Å²) in [5.74, 6) is 0.861. The van der Waals surface area contributed by atoms with E-state index in [4.69, 9.17) is 9.73 Å². The number of halogens is 1. The summed E-state index contributed by atoms with van der Waals surface area (Å²) in [4.78, 5) is 4.82. The minimum atomic E-state index is 0. The first kappa shape index (κ1) is 20.1. The molecule has 3 heterocycles. The molecule has 2 aromatic rings. The fraction of sp³-hybridized carbons (Fsp3) is 0.500. The highest BCUT2D eigenvalue weighted by Crippen LogP contribution is 2.34. The van der Waals surface area contributed by atoms with Crippen LogP contribution in [-0.4, -0.2) is 40.5 Å². The van der Waals surface area contributed by atoms with Gasteiger partial charge >= 0.3 is 0 Å². The number of aliphatic imine (C=N–C) groups is 1. The molecule has 0 saturated carbocycles. The van der Waals surface area contributed by atoms with Crippen molar-refractivity contribution in [3.05, 3.63) is 47.8 Å². The molecule has 0 aliphatic carbocycles. The Labute approximate surface area is 177 Å². The van der Waals surface area contributed by atoms with Crippen LogP contribution in [0.1, 0.15) is 37.4 Å². The predicted octanol–water partition coefficient (Wildman–Crippen LogP) is 3.17. The van der Waals surface area contributed by atoms with Gasteiger partial charge < -0.3 is 15.4 Å². The molecule has 0 amide bonds. The summed E-state index contributed by atoms with van der Waals surface area (Å²) in [6.07, 6.45) is 6.20. The number of rotatable bonds is 5. The van der Waals surface area contributed by atoms with Crippen molar-refractivity contribution < 1.29 is 4.74 Å². The van der Waals surface area contributed by atoms with Crippen molar-refractivity contribution in [1.82, 2.24) is 20.4 Å². The number of hydrogen-bond donors (Lipinski definition) is 2. The quantitative estimate of drug-likeness (QED) is 0.391. The summed E-state index contributed by atoms with van der Waals surface area (Å²) in [6, 6.07) is 10.7. The number of aryl methyl sites for hydroxylation is 1. The Morgan fingerprint density at radius 1 is 1.30 bits per heavy atom. The van der Waals surface area contributed by atoms with Crippen LogP contribution in [0.5, 0.6) is 0 Å². The molecule has 1 aromatic carbocycles. The van der Waals surface area contributed by atoms with Gasteiger partial charge in [0.1, 0.15) is 0 Å². The van der Waals surface area contributed by atoms with Crippen molar-refractivity contribution in [3.8, 4) is 5.69 Å². The minimum Gasteiger partial charge on any atom is -0.373 e. The summed E-state index contributed by atoms with van der Waals surface area (Å²) in [5, 5.41) is 11.5. The van der Waals surface area contributed by atoms with Crippen molar-refractivity contribution in [2.45, 2.75) is 57.9 Å². The van der Waals surface area contributed by atoms with E-state index in [0.717, 1.165) is 42.3 Å². The number of para-hydroxylation sites is 1. The number of benzene rings is 1. The largest absolute Gasteiger partial charge is 0.373 e. The first-order chi connectivity index (χ1) is 12.7. The van der Waals surface area contributed by atoms with Crippen LogP contribution in [0.4, 0.5) is 0 Å². The topological polar surface area (TPSA) is 63.5 Å². The molecule has 0 radical (unpaired) electrons. The molecule has 4 rings (SSSR count). The molecule has 2 bridgehead atoms. The number of nitrogens with one attached hydrogen (secondary N) is 2. The molecule has 2 fully saturated rings. The average Bonchev–Trinajstić information content (AvgIpc) is 3.37. The molecule has 2 aliphatic heterocycles. The van der Waals surface area contributed by atoms with E-state index >= 15 is 0 Å². The molecule has 27 heavy (non-hydrogen) atoms. The first-order valence-corrected chi connectivity index (χ1v) is 9.54. The minimum absolute atomic E-state index is 0. The summed E-state index contributed by atoms with van der Waals surface area (Å²) >= 11 is 0. The molecule has 3 unspecified atom stereocenters. The maximum atomic E-state index is 5.95. The van der Waals surface area contributed by atoms with Gasteiger partial charge in [0.25, 0.3) is 0 Å². The number of fused-ring (bicyclic) bond motifs is 2. The van der Waals surface area contributed by atoms with Crippen LogP contribution >= 0.6 is 24.0 Å². The fourth-order valence-corrected chi connectivity index (χ4v) is 3.87. The van der Waals surface area contributed by atoms with Crippen LogP contribution in [-0.2, 0) is 11.3 Å². The zero-order chi connectivity index (χ0) is 17.9. The van der Waals surface area contributed by atoms with Gasteiger partial charge in [0, 0.05) is 12.7 Å². The highest BCUT2D eigenvalue weighted by molar-refractivity contribution is 14.0. The first-order valence-electron chi connectivity index (χ1n) is 9.54. The van der Waals surface area contributed by atoms with E-state index in [1.54, 1.807) is 0 Å². The Bertz CT molecular complexity index is 790. The van der Waals surface area contributed by atoms with Crippen LogP contribution in [0.15, 0.2) is 41.5 Å². The SMILES string of the molecule is CCNC(=NCc1ccccc1-n1ccc(C)n1)NC1CC2CCC1O2.I. The lowest BCUT2D eigenvalue weighted by molar-refractivity contribution is 0.0992. The zero-order valence-corrected chi connectivity index (χ0v) is 18.2. The van der Waals surface area contributed by atoms with E-state index in [0.29, 0.717) is 24.8 Å². The molecule has 2 aliphatic rings. The van der Waals surface area contributed by atoms with E-state index in [1.807, 2.05) is 29.9 Å². The average molecular weight is 481 g/mol. The monoisotopic (exact) mass is 481 g/mol. The third kappa shape index (κ3) is 4.63. The van der Waals surface area contributed by atoms with E-state index in [2.05, 4.69) is 40.9 Å². The van der Waals surface area contributed by atoms with Crippen LogP contribution in [0.25, 0.3) is 5.69 Å².